The summed E-state index contributed by atoms with van der Waals surface area (Å²) in [5, 5.41) is 3.34. The Morgan fingerprint density at radius 1 is 1.15 bits per heavy atom. The highest BCUT2D eigenvalue weighted by molar-refractivity contribution is 6.31. The van der Waals surface area contributed by atoms with Crippen LogP contribution in [0.4, 0.5) is 5.69 Å². The van der Waals surface area contributed by atoms with Crippen LogP contribution in [0.25, 0.3) is 0 Å². The Bertz CT molecular complexity index is 875. The highest BCUT2D eigenvalue weighted by atomic mass is 35.5. The summed E-state index contributed by atoms with van der Waals surface area (Å²) in [6.45, 7) is 3.50. The number of anilines is 1. The second-order valence-corrected chi connectivity index (χ2v) is 8.74. The predicted molar refractivity (Wildman–Crippen MR) is 101 cm³/mol. The molecule has 140 valence electrons. The molecule has 1 aliphatic heterocycles. The highest BCUT2D eigenvalue weighted by Gasteiger charge is 2.67. The first-order valence-corrected chi connectivity index (χ1v) is 9.88. The van der Waals surface area contributed by atoms with Gasteiger partial charge in [0.25, 0.3) is 0 Å². The van der Waals surface area contributed by atoms with Crippen molar-refractivity contribution in [3.63, 3.8) is 0 Å². The zero-order valence-electron chi connectivity index (χ0n) is 15.2. The van der Waals surface area contributed by atoms with Crippen LogP contribution in [0.15, 0.2) is 30.4 Å². The molecule has 0 aromatic heterocycles. The topological polar surface area (TPSA) is 66.5 Å². The summed E-state index contributed by atoms with van der Waals surface area (Å²) in [4.78, 5) is 40.1. The van der Waals surface area contributed by atoms with Crippen molar-refractivity contribution in [2.75, 3.05) is 5.32 Å². The van der Waals surface area contributed by atoms with Crippen molar-refractivity contribution in [1.82, 2.24) is 4.90 Å². The number of nitrogens with zero attached hydrogens (tertiary/aromatic N) is 1. The van der Waals surface area contributed by atoms with Crippen molar-refractivity contribution >= 4 is 35.0 Å². The molecule has 3 fully saturated rings. The van der Waals surface area contributed by atoms with Crippen molar-refractivity contribution in [3.8, 4) is 0 Å². The summed E-state index contributed by atoms with van der Waals surface area (Å²) in [6.07, 6.45) is 5.39. The number of halogens is 1. The summed E-state index contributed by atoms with van der Waals surface area (Å²) in [5.41, 5.74) is 1.47. The third-order valence-electron chi connectivity index (χ3n) is 6.90. The third-order valence-corrected chi connectivity index (χ3v) is 7.31. The largest absolute Gasteiger partial charge is 0.324 e. The van der Waals surface area contributed by atoms with Crippen molar-refractivity contribution in [2.24, 2.45) is 35.5 Å². The quantitative estimate of drug-likeness (QED) is 0.643. The summed E-state index contributed by atoms with van der Waals surface area (Å²) < 4.78 is 0. The first kappa shape index (κ1) is 17.0. The number of rotatable bonds is 3. The van der Waals surface area contributed by atoms with Crippen LogP contribution in [0.2, 0.25) is 5.02 Å². The van der Waals surface area contributed by atoms with Crippen LogP contribution >= 0.6 is 11.6 Å². The van der Waals surface area contributed by atoms with Gasteiger partial charge in [-0.25, -0.2) is 0 Å². The summed E-state index contributed by atoms with van der Waals surface area (Å²) in [7, 11) is 0. The van der Waals surface area contributed by atoms with Crippen LogP contribution < -0.4 is 5.32 Å². The molecule has 2 bridgehead atoms. The van der Waals surface area contributed by atoms with Gasteiger partial charge in [0, 0.05) is 10.7 Å². The second kappa shape index (κ2) is 5.68. The molecule has 3 amide bonds. The van der Waals surface area contributed by atoms with Gasteiger partial charge in [-0.3, -0.25) is 19.3 Å². The minimum atomic E-state index is -0.841. The number of nitrogens with one attached hydrogen (secondary N) is 1. The fraction of sp³-hybridized carbons (Fsp3) is 0.476. The smallest absolute Gasteiger partial charge is 0.247 e. The number of carbonyl (C=O) groups excluding carboxylic acids is 3. The number of imide groups is 1. The average Bonchev–Trinajstić information content (AvgIpc) is 3.42. The van der Waals surface area contributed by atoms with E-state index in [1.54, 1.807) is 19.1 Å². The molecule has 5 aliphatic rings. The SMILES string of the molecule is Cc1ccc(NC(=O)[C@H](C)N2C(=O)[C@@H]3[C@H]4C=C[C@@H]([C@@H]5C[C@@H]45)[C@@H]3C2=O)cc1Cl. The standard InChI is InChI=1S/C21H21ClN2O3/c1-9-3-4-11(7-16(9)22)23-19(25)10(2)24-20(26)17-12-5-6-13(15-8-14(12)15)18(17)21(24)27/h3-7,10,12-15,17-18H,8H2,1-2H3,(H,23,25)/t10-,12-,13-,14-,15-,17-,18+/m0/s1. The summed E-state index contributed by atoms with van der Waals surface area (Å²) in [5.74, 6) is 0.142. The molecular formula is C21H21ClN2O3. The van der Waals surface area contributed by atoms with Gasteiger partial charge in [0.15, 0.2) is 0 Å². The summed E-state index contributed by atoms with van der Waals surface area (Å²) >= 11 is 6.11. The Labute approximate surface area is 162 Å². The van der Waals surface area contributed by atoms with E-state index >= 15 is 0 Å². The lowest BCUT2D eigenvalue weighted by Gasteiger charge is -2.37. The lowest BCUT2D eigenvalue weighted by Crippen LogP contribution is -2.46. The van der Waals surface area contributed by atoms with E-state index in [1.807, 2.05) is 13.0 Å². The number of hydrogen-bond donors (Lipinski definition) is 1. The van der Waals surface area contributed by atoms with Gasteiger partial charge in [-0.05, 0) is 61.6 Å². The van der Waals surface area contributed by atoms with Crippen molar-refractivity contribution in [2.45, 2.75) is 26.3 Å². The van der Waals surface area contributed by atoms with E-state index in [4.69, 9.17) is 11.6 Å². The van der Waals surface area contributed by atoms with Crippen LogP contribution in [-0.2, 0) is 14.4 Å². The number of benzene rings is 1. The molecule has 0 spiro atoms. The van der Waals surface area contributed by atoms with Crippen LogP contribution in [0, 0.1) is 42.4 Å². The lowest BCUT2D eigenvalue weighted by atomic mass is 9.63. The van der Waals surface area contributed by atoms with Crippen LogP contribution in [-0.4, -0.2) is 28.7 Å². The van der Waals surface area contributed by atoms with E-state index in [2.05, 4.69) is 17.5 Å². The minimum absolute atomic E-state index is 0.164. The second-order valence-electron chi connectivity index (χ2n) is 8.33. The van der Waals surface area contributed by atoms with Gasteiger partial charge in [0.05, 0.1) is 11.8 Å². The molecule has 1 saturated heterocycles. The van der Waals surface area contributed by atoms with E-state index in [9.17, 15) is 14.4 Å². The third kappa shape index (κ3) is 2.34. The van der Waals surface area contributed by atoms with Gasteiger partial charge in [-0.15, -0.1) is 0 Å². The van der Waals surface area contributed by atoms with Crippen LogP contribution in [0.3, 0.4) is 0 Å². The normalized spacial score (nSPS) is 36.5. The molecule has 4 aliphatic carbocycles. The molecule has 6 rings (SSSR count). The maximum Gasteiger partial charge on any atom is 0.247 e. The Morgan fingerprint density at radius 3 is 2.30 bits per heavy atom. The van der Waals surface area contributed by atoms with Crippen LogP contribution in [0.1, 0.15) is 18.9 Å². The molecule has 1 N–H and O–H groups in total. The monoisotopic (exact) mass is 384 g/mol. The van der Waals surface area contributed by atoms with Crippen molar-refractivity contribution in [1.29, 1.82) is 0 Å². The predicted octanol–water partition coefficient (Wildman–Crippen LogP) is 3.03. The van der Waals surface area contributed by atoms with Crippen molar-refractivity contribution < 1.29 is 14.4 Å². The number of hydrogen-bond acceptors (Lipinski definition) is 3. The van der Waals surface area contributed by atoms with Gasteiger partial charge in [0.1, 0.15) is 6.04 Å². The first-order valence-electron chi connectivity index (χ1n) is 9.50. The molecular weight excluding hydrogens is 364 g/mol. The van der Waals surface area contributed by atoms with E-state index < -0.39 is 6.04 Å². The first-order chi connectivity index (χ1) is 12.9. The van der Waals surface area contributed by atoms with Crippen LogP contribution in [0.5, 0.6) is 0 Å². The molecule has 1 heterocycles. The molecule has 7 atom stereocenters. The number of amides is 3. The molecule has 1 aromatic carbocycles. The fourth-order valence-electron chi connectivity index (χ4n) is 5.40. The van der Waals surface area contributed by atoms with Gasteiger partial charge >= 0.3 is 0 Å². The summed E-state index contributed by atoms with van der Waals surface area (Å²) in [6, 6.07) is 4.41. The molecule has 0 unspecified atom stereocenters. The Morgan fingerprint density at radius 2 is 1.74 bits per heavy atom. The van der Waals surface area contributed by atoms with E-state index in [0.29, 0.717) is 22.5 Å². The molecule has 5 nitrogen and oxygen atoms in total. The maximum absolute atomic E-state index is 13.1. The molecule has 27 heavy (non-hydrogen) atoms. The number of aryl methyl sites for hydroxylation is 1. The number of likely N-dealkylation sites (tertiary alicyclic amines) is 1. The minimum Gasteiger partial charge on any atom is -0.324 e. The van der Waals surface area contributed by atoms with E-state index in [0.717, 1.165) is 12.0 Å². The zero-order valence-corrected chi connectivity index (χ0v) is 15.9. The van der Waals surface area contributed by atoms with E-state index in [-0.39, 0.29) is 41.4 Å². The van der Waals surface area contributed by atoms with Gasteiger partial charge in [-0.2, -0.15) is 0 Å². The molecule has 1 aromatic rings. The Hall–Kier alpha value is -2.14. The van der Waals surface area contributed by atoms with Crippen molar-refractivity contribution in [3.05, 3.63) is 40.9 Å². The lowest BCUT2D eigenvalue weighted by molar-refractivity contribution is -0.146. The molecule has 0 radical (unpaired) electrons. The Balaban J connectivity index is 1.37. The van der Waals surface area contributed by atoms with E-state index in [1.165, 1.54) is 4.90 Å². The van der Waals surface area contributed by atoms with Gasteiger partial charge in [-0.1, -0.05) is 29.8 Å². The molecule has 6 heteroatoms. The Kier molecular flexibility index (Phi) is 3.57. The average molecular weight is 385 g/mol. The maximum atomic E-state index is 13.1. The van der Waals surface area contributed by atoms with Gasteiger partial charge in [0.2, 0.25) is 17.7 Å². The zero-order chi connectivity index (χ0) is 19.0. The fourth-order valence-corrected chi connectivity index (χ4v) is 5.58. The number of carbonyl (C=O) groups is 3. The highest BCUT2D eigenvalue weighted by Crippen LogP contribution is 2.65. The number of allylic oxidation sites excluding steroid dienone is 2. The molecule has 2 saturated carbocycles. The van der Waals surface area contributed by atoms with Gasteiger partial charge < -0.3 is 5.32 Å².